The highest BCUT2D eigenvalue weighted by atomic mass is 79.9. The van der Waals surface area contributed by atoms with E-state index >= 15 is 0 Å². The smallest absolute Gasteiger partial charge is 0.168 e. The predicted octanol–water partition coefficient (Wildman–Crippen LogP) is 1.50. The number of hydrogen-bond acceptors (Lipinski definition) is 5. The van der Waals surface area contributed by atoms with Crippen LogP contribution >= 0.6 is 15.9 Å². The molecule has 1 saturated carbocycles. The lowest BCUT2D eigenvalue weighted by Gasteiger charge is -2.46. The Kier molecular flexibility index (Phi) is 2.84. The minimum absolute atomic E-state index is 0.0730. The molecule has 118 valence electrons. The molecule has 0 bridgehead atoms. The fourth-order valence-electron chi connectivity index (χ4n) is 3.75. The molecule has 0 aromatic carbocycles. The molecule has 0 amide bonds. The van der Waals surface area contributed by atoms with Gasteiger partial charge in [-0.3, -0.25) is 4.99 Å². The maximum atomic E-state index is 13.7. The Morgan fingerprint density at radius 2 is 2.14 bits per heavy atom. The van der Waals surface area contributed by atoms with Crippen LogP contribution in [0.4, 0.5) is 4.39 Å². The van der Waals surface area contributed by atoms with Crippen molar-refractivity contribution in [3.63, 3.8) is 0 Å². The molecule has 2 N–H and O–H groups in total. The Hall–Kier alpha value is -1.02. The normalized spacial score (nSPS) is 35.6. The van der Waals surface area contributed by atoms with E-state index in [-0.39, 0.29) is 17.5 Å². The lowest BCUT2D eigenvalue weighted by molar-refractivity contribution is 0.358. The topological polar surface area (TPSA) is 85.4 Å². The van der Waals surface area contributed by atoms with Crippen LogP contribution in [-0.4, -0.2) is 36.4 Å². The first-order valence-corrected chi connectivity index (χ1v) is 9.59. The molecule has 5 nitrogen and oxygen atoms in total. The summed E-state index contributed by atoms with van der Waals surface area (Å²) in [4.78, 5) is 8.84. The van der Waals surface area contributed by atoms with Gasteiger partial charge in [-0.15, -0.1) is 0 Å². The van der Waals surface area contributed by atoms with Crippen molar-refractivity contribution in [2.24, 2.45) is 16.6 Å². The Labute approximate surface area is 136 Å². The van der Waals surface area contributed by atoms with E-state index in [0.29, 0.717) is 29.6 Å². The monoisotopic (exact) mass is 387 g/mol. The summed E-state index contributed by atoms with van der Waals surface area (Å²) in [7, 11) is -3.73. The van der Waals surface area contributed by atoms with E-state index in [1.807, 2.05) is 12.1 Å². The Balaban J connectivity index is 1.88. The molecule has 1 fully saturated rings. The zero-order valence-corrected chi connectivity index (χ0v) is 14.1. The van der Waals surface area contributed by atoms with Gasteiger partial charge in [0.05, 0.1) is 11.4 Å². The maximum absolute atomic E-state index is 13.7. The van der Waals surface area contributed by atoms with Crippen molar-refractivity contribution in [2.75, 3.05) is 12.4 Å². The van der Waals surface area contributed by atoms with Crippen molar-refractivity contribution >= 4 is 31.6 Å². The largest absolute Gasteiger partial charge is 0.386 e. The molecule has 1 aliphatic heterocycles. The number of pyridine rings is 1. The highest BCUT2D eigenvalue weighted by molar-refractivity contribution is 9.10. The van der Waals surface area contributed by atoms with E-state index in [9.17, 15) is 12.8 Å². The van der Waals surface area contributed by atoms with Crippen molar-refractivity contribution < 1.29 is 12.8 Å². The standard InChI is InChI=1S/C14H15BrFN3O2S/c15-10-4-1-8-5-13(11(8)18-10)7-22(20,21)14(6-16,9-2-3-9)12(17)19-13/h1,4,9H,2-3,5-7H2,(H2,17,19)/t13-,14-/m0/s1. The molecule has 1 spiro atoms. The van der Waals surface area contributed by atoms with E-state index < -0.39 is 26.8 Å². The first-order valence-electron chi connectivity index (χ1n) is 7.15. The number of amidine groups is 1. The van der Waals surface area contributed by atoms with Crippen LogP contribution in [0.1, 0.15) is 24.1 Å². The molecular formula is C14H15BrFN3O2S. The third-order valence-corrected chi connectivity index (χ3v) is 8.12. The minimum Gasteiger partial charge on any atom is -0.386 e. The minimum atomic E-state index is -3.73. The molecule has 3 aliphatic rings. The number of alkyl halides is 1. The molecule has 2 heterocycles. The molecule has 22 heavy (non-hydrogen) atoms. The SMILES string of the molecule is NC1=N[C@@]2(Cc3ccc(Br)nc32)CS(=O)(=O)[C@@]1(CF)C1CC1. The molecule has 2 aliphatic carbocycles. The second kappa shape index (κ2) is 4.29. The first-order chi connectivity index (χ1) is 10.3. The highest BCUT2D eigenvalue weighted by Gasteiger charge is 2.64. The Bertz CT molecular complexity index is 808. The lowest BCUT2D eigenvalue weighted by Crippen LogP contribution is -2.63. The van der Waals surface area contributed by atoms with E-state index in [2.05, 4.69) is 25.9 Å². The van der Waals surface area contributed by atoms with Gasteiger partial charge in [-0.2, -0.15) is 0 Å². The van der Waals surface area contributed by atoms with Gasteiger partial charge < -0.3 is 5.73 Å². The molecule has 0 unspecified atom stereocenters. The predicted molar refractivity (Wildman–Crippen MR) is 84.2 cm³/mol. The van der Waals surface area contributed by atoms with E-state index in [0.717, 1.165) is 5.56 Å². The molecule has 0 radical (unpaired) electrons. The van der Waals surface area contributed by atoms with Gasteiger partial charge >= 0.3 is 0 Å². The summed E-state index contributed by atoms with van der Waals surface area (Å²) in [5, 5.41) is 0. The van der Waals surface area contributed by atoms with Gasteiger partial charge in [-0.1, -0.05) is 6.07 Å². The lowest BCUT2D eigenvalue weighted by atomic mass is 9.75. The zero-order chi connectivity index (χ0) is 15.8. The molecule has 8 heteroatoms. The van der Waals surface area contributed by atoms with Crippen molar-refractivity contribution in [1.29, 1.82) is 0 Å². The quantitative estimate of drug-likeness (QED) is 0.779. The van der Waals surface area contributed by atoms with E-state index in [1.54, 1.807) is 0 Å². The van der Waals surface area contributed by atoms with Gasteiger partial charge in [0.2, 0.25) is 0 Å². The third-order valence-electron chi connectivity index (χ3n) is 5.06. The molecule has 1 aromatic rings. The fraction of sp³-hybridized carbons (Fsp3) is 0.571. The molecule has 4 rings (SSSR count). The van der Waals surface area contributed by atoms with Crippen LogP contribution in [0.5, 0.6) is 0 Å². The summed E-state index contributed by atoms with van der Waals surface area (Å²) in [6, 6.07) is 3.71. The van der Waals surface area contributed by atoms with Crippen molar-refractivity contribution in [2.45, 2.75) is 29.5 Å². The van der Waals surface area contributed by atoms with Crippen LogP contribution in [0, 0.1) is 5.92 Å². The summed E-state index contributed by atoms with van der Waals surface area (Å²) in [5.74, 6) is -0.521. The molecule has 0 saturated heterocycles. The number of aliphatic imine (C=N–C) groups is 1. The summed E-state index contributed by atoms with van der Waals surface area (Å²) >= 11 is 3.29. The average molecular weight is 388 g/mol. The van der Waals surface area contributed by atoms with Crippen molar-refractivity contribution in [1.82, 2.24) is 4.98 Å². The van der Waals surface area contributed by atoms with Crippen LogP contribution in [0.25, 0.3) is 0 Å². The van der Waals surface area contributed by atoms with Gasteiger partial charge in [0.1, 0.15) is 22.7 Å². The Morgan fingerprint density at radius 3 is 2.73 bits per heavy atom. The number of hydrogen-bond donors (Lipinski definition) is 1. The van der Waals surface area contributed by atoms with Crippen LogP contribution in [-0.2, 0) is 21.8 Å². The van der Waals surface area contributed by atoms with Crippen LogP contribution < -0.4 is 5.73 Å². The van der Waals surface area contributed by atoms with E-state index in [4.69, 9.17) is 5.73 Å². The number of nitrogens with zero attached hydrogens (tertiary/aromatic N) is 2. The second-order valence-corrected chi connectivity index (χ2v) is 9.46. The average Bonchev–Trinajstić information content (AvgIpc) is 3.25. The third kappa shape index (κ3) is 1.65. The van der Waals surface area contributed by atoms with Gasteiger partial charge in [-0.05, 0) is 46.3 Å². The molecular weight excluding hydrogens is 373 g/mol. The van der Waals surface area contributed by atoms with Gasteiger partial charge in [0.15, 0.2) is 14.6 Å². The number of fused-ring (bicyclic) bond motifs is 2. The van der Waals surface area contributed by atoms with Crippen molar-refractivity contribution in [3.05, 3.63) is 28.0 Å². The van der Waals surface area contributed by atoms with Gasteiger partial charge in [-0.25, -0.2) is 17.8 Å². The fourth-order valence-corrected chi connectivity index (χ4v) is 6.52. The summed E-state index contributed by atoms with van der Waals surface area (Å²) in [6.07, 6.45) is 1.86. The van der Waals surface area contributed by atoms with Gasteiger partial charge in [0.25, 0.3) is 0 Å². The van der Waals surface area contributed by atoms with Gasteiger partial charge in [0, 0.05) is 6.42 Å². The Morgan fingerprint density at radius 1 is 1.41 bits per heavy atom. The number of halogens is 2. The number of nitrogens with two attached hydrogens (primary N) is 1. The van der Waals surface area contributed by atoms with Crippen LogP contribution in [0.2, 0.25) is 0 Å². The highest BCUT2D eigenvalue weighted by Crippen LogP contribution is 2.52. The number of sulfone groups is 1. The number of aromatic nitrogens is 1. The molecule has 2 atom stereocenters. The summed E-state index contributed by atoms with van der Waals surface area (Å²) in [6.45, 7) is -0.996. The zero-order valence-electron chi connectivity index (χ0n) is 11.7. The summed E-state index contributed by atoms with van der Waals surface area (Å²) in [5.41, 5.74) is 6.68. The summed E-state index contributed by atoms with van der Waals surface area (Å²) < 4.78 is 38.5. The second-order valence-electron chi connectivity index (χ2n) is 6.40. The van der Waals surface area contributed by atoms with Crippen LogP contribution in [0.3, 0.4) is 0 Å². The van der Waals surface area contributed by atoms with Crippen LogP contribution in [0.15, 0.2) is 21.7 Å². The van der Waals surface area contributed by atoms with E-state index in [1.165, 1.54) is 0 Å². The van der Waals surface area contributed by atoms with Crippen molar-refractivity contribution in [3.8, 4) is 0 Å². The first kappa shape index (κ1) is 14.6. The molecule has 1 aromatic heterocycles. The number of rotatable bonds is 2. The maximum Gasteiger partial charge on any atom is 0.168 e.